The van der Waals surface area contributed by atoms with Gasteiger partial charge in [0.15, 0.2) is 0 Å². The van der Waals surface area contributed by atoms with Crippen LogP contribution in [0.1, 0.15) is 35.6 Å². The van der Waals surface area contributed by atoms with Crippen LogP contribution >= 0.6 is 0 Å². The van der Waals surface area contributed by atoms with Crippen LogP contribution in [0, 0.1) is 11.8 Å². The molecule has 26 heavy (non-hydrogen) atoms. The minimum Gasteiger partial charge on any atom is -0.497 e. The van der Waals surface area contributed by atoms with Crippen molar-refractivity contribution in [3.05, 3.63) is 41.2 Å². The second-order valence-electron chi connectivity index (χ2n) is 7.31. The van der Waals surface area contributed by atoms with Gasteiger partial charge in [0, 0.05) is 25.6 Å². The maximum Gasteiger partial charge on any atom is 0.269 e. The number of carbonyl (C=O) groups excluding carboxylic acids is 1. The van der Waals surface area contributed by atoms with Gasteiger partial charge in [0.25, 0.3) is 5.91 Å². The van der Waals surface area contributed by atoms with Gasteiger partial charge in [-0.05, 0) is 36.5 Å². The number of rotatable bonds is 6. The zero-order chi connectivity index (χ0) is 18.7. The molecule has 1 N–H and O–H groups in total. The van der Waals surface area contributed by atoms with Crippen molar-refractivity contribution in [2.45, 2.75) is 26.7 Å². The molecular weight excluding hydrogens is 330 g/mol. The fourth-order valence-electron chi connectivity index (χ4n) is 3.26. The lowest BCUT2D eigenvalue weighted by Gasteiger charge is -2.25. The summed E-state index contributed by atoms with van der Waals surface area (Å²) in [5, 5.41) is 7.46. The number of amides is 1. The first-order valence-corrected chi connectivity index (χ1v) is 9.07. The molecule has 0 saturated heterocycles. The van der Waals surface area contributed by atoms with Gasteiger partial charge in [-0.25, -0.2) is 0 Å². The lowest BCUT2D eigenvalue weighted by atomic mass is 9.96. The first-order chi connectivity index (χ1) is 12.5. The van der Waals surface area contributed by atoms with E-state index in [-0.39, 0.29) is 11.8 Å². The van der Waals surface area contributed by atoms with Gasteiger partial charge in [0.1, 0.15) is 17.2 Å². The molecular formula is C20H27N3O3. The van der Waals surface area contributed by atoms with Gasteiger partial charge in [-0.2, -0.15) is 5.10 Å². The summed E-state index contributed by atoms with van der Waals surface area (Å²) in [4.78, 5) is 12.5. The molecule has 1 aromatic heterocycles. The van der Waals surface area contributed by atoms with Gasteiger partial charge >= 0.3 is 0 Å². The van der Waals surface area contributed by atoms with Crippen LogP contribution in [0.5, 0.6) is 11.5 Å². The predicted molar refractivity (Wildman–Crippen MR) is 99.8 cm³/mol. The topological polar surface area (TPSA) is 65.4 Å². The molecule has 1 aliphatic heterocycles. The maximum atomic E-state index is 12.5. The van der Waals surface area contributed by atoms with Crippen molar-refractivity contribution in [2.24, 2.45) is 18.9 Å². The number of carbonyl (C=O) groups is 1. The molecule has 1 atom stereocenters. The van der Waals surface area contributed by atoms with Gasteiger partial charge in [-0.3, -0.25) is 9.48 Å². The Morgan fingerprint density at radius 3 is 2.96 bits per heavy atom. The van der Waals surface area contributed by atoms with Crippen molar-refractivity contribution in [1.29, 1.82) is 0 Å². The van der Waals surface area contributed by atoms with E-state index in [1.54, 1.807) is 11.8 Å². The lowest BCUT2D eigenvalue weighted by Crippen LogP contribution is -2.35. The second kappa shape index (κ2) is 7.81. The third-order valence-electron chi connectivity index (χ3n) is 4.59. The van der Waals surface area contributed by atoms with Crippen LogP contribution in [0.2, 0.25) is 0 Å². The van der Waals surface area contributed by atoms with Gasteiger partial charge in [-0.15, -0.1) is 0 Å². The minimum absolute atomic E-state index is 0.0875. The van der Waals surface area contributed by atoms with E-state index in [9.17, 15) is 4.79 Å². The van der Waals surface area contributed by atoms with Crippen molar-refractivity contribution >= 4 is 5.91 Å². The number of aryl methyl sites for hydroxylation is 1. The Kier molecular flexibility index (Phi) is 5.49. The molecule has 0 fully saturated rings. The van der Waals surface area contributed by atoms with E-state index in [4.69, 9.17) is 9.47 Å². The third-order valence-corrected chi connectivity index (χ3v) is 4.59. The normalized spacial score (nSPS) is 16.1. The summed E-state index contributed by atoms with van der Waals surface area (Å²) < 4.78 is 12.7. The molecule has 0 radical (unpaired) electrons. The van der Waals surface area contributed by atoms with Crippen LogP contribution in [-0.4, -0.2) is 35.9 Å². The highest BCUT2D eigenvalue weighted by Crippen LogP contribution is 2.30. The van der Waals surface area contributed by atoms with Crippen LogP contribution in [0.4, 0.5) is 0 Å². The highest BCUT2D eigenvalue weighted by Gasteiger charge is 2.22. The SMILES string of the molecule is COc1ccc2c(c1)OCC(CNC(=O)c1cc(CC(C)C)nn1C)C2. The quantitative estimate of drug-likeness (QED) is 0.863. The molecule has 2 aromatic rings. The van der Waals surface area contributed by atoms with Gasteiger partial charge < -0.3 is 14.8 Å². The smallest absolute Gasteiger partial charge is 0.269 e. The standard InChI is InChI=1S/C20H27N3O3/c1-13(2)7-16-9-18(23(3)22-16)20(24)21-11-14-8-15-5-6-17(25-4)10-19(15)26-12-14/h5-6,9-10,13-14H,7-8,11-12H2,1-4H3,(H,21,24). The monoisotopic (exact) mass is 357 g/mol. The first-order valence-electron chi connectivity index (χ1n) is 9.07. The number of fused-ring (bicyclic) bond motifs is 1. The highest BCUT2D eigenvalue weighted by molar-refractivity contribution is 5.92. The third kappa shape index (κ3) is 4.18. The molecule has 0 spiro atoms. The van der Waals surface area contributed by atoms with Crippen molar-refractivity contribution in [3.8, 4) is 11.5 Å². The second-order valence-corrected chi connectivity index (χ2v) is 7.31. The summed E-state index contributed by atoms with van der Waals surface area (Å²) in [6.07, 6.45) is 1.75. The number of aromatic nitrogens is 2. The van der Waals surface area contributed by atoms with E-state index in [0.29, 0.717) is 24.8 Å². The van der Waals surface area contributed by atoms with E-state index in [0.717, 1.165) is 35.6 Å². The fourth-order valence-corrected chi connectivity index (χ4v) is 3.26. The average Bonchev–Trinajstić information content (AvgIpc) is 2.98. The van der Waals surface area contributed by atoms with Crippen LogP contribution in [0.15, 0.2) is 24.3 Å². The number of ether oxygens (including phenoxy) is 2. The molecule has 0 saturated carbocycles. The Hall–Kier alpha value is -2.50. The van der Waals surface area contributed by atoms with Crippen LogP contribution in [0.25, 0.3) is 0 Å². The first kappa shape index (κ1) is 18.3. The van der Waals surface area contributed by atoms with E-state index in [1.807, 2.05) is 31.3 Å². The molecule has 6 nitrogen and oxygen atoms in total. The largest absolute Gasteiger partial charge is 0.497 e. The van der Waals surface area contributed by atoms with E-state index in [1.165, 1.54) is 0 Å². The van der Waals surface area contributed by atoms with Crippen molar-refractivity contribution in [2.75, 3.05) is 20.3 Å². The van der Waals surface area contributed by atoms with Crippen molar-refractivity contribution in [3.63, 3.8) is 0 Å². The number of hydrogen-bond donors (Lipinski definition) is 1. The Morgan fingerprint density at radius 1 is 1.42 bits per heavy atom. The van der Waals surface area contributed by atoms with Crippen molar-refractivity contribution < 1.29 is 14.3 Å². The summed E-state index contributed by atoms with van der Waals surface area (Å²) in [5.41, 5.74) is 2.70. The summed E-state index contributed by atoms with van der Waals surface area (Å²) in [7, 11) is 3.46. The predicted octanol–water partition coefficient (Wildman–Crippen LogP) is 2.61. The van der Waals surface area contributed by atoms with Crippen LogP contribution in [-0.2, 0) is 19.9 Å². The minimum atomic E-state index is -0.0875. The fraction of sp³-hybridized carbons (Fsp3) is 0.500. The molecule has 1 unspecified atom stereocenters. The van der Waals surface area contributed by atoms with Crippen molar-refractivity contribution in [1.82, 2.24) is 15.1 Å². The van der Waals surface area contributed by atoms with Crippen LogP contribution < -0.4 is 14.8 Å². The lowest BCUT2D eigenvalue weighted by molar-refractivity contribution is 0.0929. The van der Waals surface area contributed by atoms with Gasteiger partial charge in [0.2, 0.25) is 0 Å². The summed E-state index contributed by atoms with van der Waals surface area (Å²) >= 11 is 0. The van der Waals surface area contributed by atoms with E-state index < -0.39 is 0 Å². The molecule has 1 aromatic carbocycles. The Labute approximate surface area is 154 Å². The van der Waals surface area contributed by atoms with E-state index in [2.05, 4.69) is 24.3 Å². The number of nitrogens with zero attached hydrogens (tertiary/aromatic N) is 2. The molecule has 2 heterocycles. The van der Waals surface area contributed by atoms with Gasteiger partial charge in [0.05, 0.1) is 19.4 Å². The summed E-state index contributed by atoms with van der Waals surface area (Å²) in [5.74, 6) is 2.35. The number of methoxy groups -OCH3 is 1. The Balaban J connectivity index is 1.57. The van der Waals surface area contributed by atoms with Crippen LogP contribution in [0.3, 0.4) is 0 Å². The average molecular weight is 357 g/mol. The summed E-state index contributed by atoms with van der Waals surface area (Å²) in [6.45, 7) is 5.45. The zero-order valence-electron chi connectivity index (χ0n) is 15.9. The molecule has 3 rings (SSSR count). The highest BCUT2D eigenvalue weighted by atomic mass is 16.5. The Morgan fingerprint density at radius 2 is 2.23 bits per heavy atom. The number of nitrogens with one attached hydrogen (secondary N) is 1. The van der Waals surface area contributed by atoms with E-state index >= 15 is 0 Å². The van der Waals surface area contributed by atoms with Gasteiger partial charge in [-0.1, -0.05) is 19.9 Å². The number of benzene rings is 1. The number of hydrogen-bond acceptors (Lipinski definition) is 4. The Bertz CT molecular complexity index is 783. The maximum absolute atomic E-state index is 12.5. The molecule has 0 aliphatic carbocycles. The molecule has 1 amide bonds. The molecule has 0 bridgehead atoms. The molecule has 6 heteroatoms. The zero-order valence-corrected chi connectivity index (χ0v) is 15.9. The molecule has 1 aliphatic rings. The molecule has 140 valence electrons. The summed E-state index contributed by atoms with van der Waals surface area (Å²) in [6, 6.07) is 7.76.